The normalized spacial score (nSPS) is 27.7. The molecule has 0 amide bonds. The highest BCUT2D eigenvalue weighted by molar-refractivity contribution is 7.09. The number of nitrogens with two attached hydrogens (primary N) is 1. The molecule has 4 nitrogen and oxygen atoms in total. The van der Waals surface area contributed by atoms with Crippen molar-refractivity contribution in [3.63, 3.8) is 0 Å². The third-order valence-electron chi connectivity index (χ3n) is 3.50. The highest BCUT2D eigenvalue weighted by atomic mass is 32.1. The second-order valence-corrected chi connectivity index (χ2v) is 6.16. The van der Waals surface area contributed by atoms with Crippen molar-refractivity contribution in [1.82, 2.24) is 5.32 Å². The Bertz CT molecular complexity index is 405. The van der Waals surface area contributed by atoms with E-state index in [1.165, 1.54) is 4.88 Å². The molecule has 0 spiro atoms. The summed E-state index contributed by atoms with van der Waals surface area (Å²) in [5.41, 5.74) is 5.87. The average Bonchev–Trinajstić information content (AvgIpc) is 2.97. The van der Waals surface area contributed by atoms with Gasteiger partial charge in [0.15, 0.2) is 5.96 Å². The van der Waals surface area contributed by atoms with Crippen LogP contribution in [0.1, 0.15) is 25.1 Å². The Kier molecular flexibility index (Phi) is 5.22. The molecule has 0 aliphatic carbocycles. The van der Waals surface area contributed by atoms with Crippen LogP contribution in [0.4, 0.5) is 0 Å². The first-order valence-electron chi connectivity index (χ1n) is 6.86. The number of rotatable bonds is 5. The molecule has 19 heavy (non-hydrogen) atoms. The van der Waals surface area contributed by atoms with Gasteiger partial charge in [0.2, 0.25) is 0 Å². The van der Waals surface area contributed by atoms with Crippen molar-refractivity contribution >= 4 is 17.3 Å². The van der Waals surface area contributed by atoms with E-state index in [2.05, 4.69) is 41.7 Å². The third-order valence-corrected chi connectivity index (χ3v) is 4.44. The third kappa shape index (κ3) is 4.51. The molecule has 0 bridgehead atoms. The Labute approximate surface area is 119 Å². The zero-order valence-corrected chi connectivity index (χ0v) is 12.5. The predicted molar refractivity (Wildman–Crippen MR) is 80.6 cm³/mol. The van der Waals surface area contributed by atoms with Crippen molar-refractivity contribution in [2.24, 2.45) is 16.6 Å². The molecule has 3 atom stereocenters. The van der Waals surface area contributed by atoms with Gasteiger partial charge in [-0.1, -0.05) is 6.07 Å². The van der Waals surface area contributed by atoms with Gasteiger partial charge in [0, 0.05) is 23.9 Å². The van der Waals surface area contributed by atoms with Crippen LogP contribution in [0.25, 0.3) is 0 Å². The van der Waals surface area contributed by atoms with E-state index in [0.717, 1.165) is 25.9 Å². The smallest absolute Gasteiger partial charge is 0.188 e. The first-order chi connectivity index (χ1) is 9.15. The fraction of sp³-hybridized carbons (Fsp3) is 0.643. The van der Waals surface area contributed by atoms with Crippen LogP contribution in [0.5, 0.6) is 0 Å². The maximum atomic E-state index is 5.87. The number of aliphatic imine (C=N–C) groups is 1. The Morgan fingerprint density at radius 2 is 2.42 bits per heavy atom. The second kappa shape index (κ2) is 6.91. The van der Waals surface area contributed by atoms with Gasteiger partial charge in [0.25, 0.3) is 0 Å². The number of guanidine groups is 1. The minimum Gasteiger partial charge on any atom is -0.375 e. The van der Waals surface area contributed by atoms with Crippen LogP contribution in [0.2, 0.25) is 0 Å². The van der Waals surface area contributed by atoms with Crippen molar-refractivity contribution in [3.05, 3.63) is 22.4 Å². The van der Waals surface area contributed by atoms with Crippen LogP contribution in [0.3, 0.4) is 0 Å². The Morgan fingerprint density at radius 1 is 1.58 bits per heavy atom. The van der Waals surface area contributed by atoms with Crippen molar-refractivity contribution in [3.8, 4) is 0 Å². The molecule has 1 aliphatic rings. The molecule has 5 heteroatoms. The number of nitrogens with zero attached hydrogens (tertiary/aromatic N) is 1. The molecule has 1 aromatic heterocycles. The van der Waals surface area contributed by atoms with Crippen LogP contribution >= 0.6 is 11.3 Å². The van der Waals surface area contributed by atoms with Gasteiger partial charge in [0.1, 0.15) is 0 Å². The number of nitrogens with one attached hydrogen (secondary N) is 1. The summed E-state index contributed by atoms with van der Waals surface area (Å²) in [7, 11) is 0. The summed E-state index contributed by atoms with van der Waals surface area (Å²) in [5, 5.41) is 5.26. The first-order valence-corrected chi connectivity index (χ1v) is 7.74. The minimum absolute atomic E-state index is 0.290. The standard InChI is InChI=1S/C14H23N3OS/c1-10-8-12(11(2)18-10)9-17-14(15)16-6-5-13-4-3-7-19-13/h3-4,7,10-12H,5-6,8-9H2,1-2H3,(H3,15,16,17). The average molecular weight is 281 g/mol. The molecular formula is C14H23N3OS. The molecular weight excluding hydrogens is 258 g/mol. The Hall–Kier alpha value is -1.07. The fourth-order valence-electron chi connectivity index (χ4n) is 2.41. The van der Waals surface area contributed by atoms with Gasteiger partial charge >= 0.3 is 0 Å². The zero-order chi connectivity index (χ0) is 13.7. The second-order valence-electron chi connectivity index (χ2n) is 5.13. The van der Waals surface area contributed by atoms with Crippen LogP contribution in [0.15, 0.2) is 22.5 Å². The number of thiophene rings is 1. The summed E-state index contributed by atoms with van der Waals surface area (Å²) in [4.78, 5) is 5.78. The topological polar surface area (TPSA) is 59.6 Å². The van der Waals surface area contributed by atoms with Crippen molar-refractivity contribution in [1.29, 1.82) is 0 Å². The molecule has 3 unspecified atom stereocenters. The summed E-state index contributed by atoms with van der Waals surface area (Å²) in [6.07, 6.45) is 2.71. The highest BCUT2D eigenvalue weighted by Crippen LogP contribution is 2.25. The van der Waals surface area contributed by atoms with Crippen molar-refractivity contribution in [2.45, 2.75) is 38.9 Å². The molecule has 0 radical (unpaired) electrons. The molecule has 0 aromatic carbocycles. The fourth-order valence-corrected chi connectivity index (χ4v) is 3.12. The number of hydrogen-bond acceptors (Lipinski definition) is 3. The summed E-state index contributed by atoms with van der Waals surface area (Å²) < 4.78 is 5.71. The van der Waals surface area contributed by atoms with E-state index in [-0.39, 0.29) is 6.10 Å². The SMILES string of the molecule is CC1CC(CN=C(N)NCCc2cccs2)C(C)O1. The quantitative estimate of drug-likeness (QED) is 0.641. The lowest BCUT2D eigenvalue weighted by Crippen LogP contribution is -2.34. The van der Waals surface area contributed by atoms with E-state index in [0.29, 0.717) is 18.0 Å². The van der Waals surface area contributed by atoms with Crippen LogP contribution in [-0.4, -0.2) is 31.3 Å². The van der Waals surface area contributed by atoms with Crippen LogP contribution in [0, 0.1) is 5.92 Å². The minimum atomic E-state index is 0.290. The van der Waals surface area contributed by atoms with E-state index in [9.17, 15) is 0 Å². The highest BCUT2D eigenvalue weighted by Gasteiger charge is 2.28. The Balaban J connectivity index is 1.68. The van der Waals surface area contributed by atoms with Gasteiger partial charge in [-0.25, -0.2) is 0 Å². The lowest BCUT2D eigenvalue weighted by Gasteiger charge is -2.11. The Morgan fingerprint density at radius 3 is 3.05 bits per heavy atom. The molecule has 2 rings (SSSR count). The zero-order valence-electron chi connectivity index (χ0n) is 11.6. The van der Waals surface area contributed by atoms with E-state index in [1.54, 1.807) is 11.3 Å². The van der Waals surface area contributed by atoms with Gasteiger partial charge in [-0.15, -0.1) is 11.3 Å². The predicted octanol–water partition coefficient (Wildman–Crippen LogP) is 2.01. The lowest BCUT2D eigenvalue weighted by molar-refractivity contribution is 0.0570. The molecule has 2 heterocycles. The molecule has 1 fully saturated rings. The monoisotopic (exact) mass is 281 g/mol. The van der Waals surface area contributed by atoms with E-state index < -0.39 is 0 Å². The van der Waals surface area contributed by atoms with Gasteiger partial charge in [-0.05, 0) is 38.1 Å². The largest absolute Gasteiger partial charge is 0.375 e. The van der Waals surface area contributed by atoms with Crippen LogP contribution < -0.4 is 11.1 Å². The molecule has 1 aromatic rings. The number of hydrogen-bond donors (Lipinski definition) is 2. The van der Waals surface area contributed by atoms with Crippen molar-refractivity contribution in [2.75, 3.05) is 13.1 Å². The van der Waals surface area contributed by atoms with E-state index >= 15 is 0 Å². The molecule has 1 saturated heterocycles. The molecule has 0 saturated carbocycles. The van der Waals surface area contributed by atoms with Crippen molar-refractivity contribution < 1.29 is 4.74 Å². The van der Waals surface area contributed by atoms with E-state index in [1.807, 2.05) is 0 Å². The maximum Gasteiger partial charge on any atom is 0.188 e. The molecule has 106 valence electrons. The summed E-state index contributed by atoms with van der Waals surface area (Å²) >= 11 is 1.77. The maximum absolute atomic E-state index is 5.87. The number of ether oxygens (including phenoxy) is 1. The van der Waals surface area contributed by atoms with E-state index in [4.69, 9.17) is 10.5 Å². The van der Waals surface area contributed by atoms with Gasteiger partial charge in [0.05, 0.1) is 12.2 Å². The van der Waals surface area contributed by atoms with Gasteiger partial charge < -0.3 is 15.8 Å². The summed E-state index contributed by atoms with van der Waals surface area (Å²) in [6.45, 7) is 5.82. The van der Waals surface area contributed by atoms with Crippen LogP contribution in [-0.2, 0) is 11.2 Å². The summed E-state index contributed by atoms with van der Waals surface area (Å²) in [5.74, 6) is 1.04. The molecule has 1 aliphatic heterocycles. The molecule has 3 N–H and O–H groups in total. The first kappa shape index (κ1) is 14.3. The van der Waals surface area contributed by atoms with Gasteiger partial charge in [-0.3, -0.25) is 4.99 Å². The summed E-state index contributed by atoms with van der Waals surface area (Å²) in [6, 6.07) is 4.21. The lowest BCUT2D eigenvalue weighted by atomic mass is 10.0. The van der Waals surface area contributed by atoms with Gasteiger partial charge in [-0.2, -0.15) is 0 Å².